The van der Waals surface area contributed by atoms with E-state index in [9.17, 15) is 0 Å². The summed E-state index contributed by atoms with van der Waals surface area (Å²) in [6.07, 6.45) is 1.95. The second kappa shape index (κ2) is 5.36. The molecule has 1 N–H and O–H groups in total. The number of benzene rings is 1. The van der Waals surface area contributed by atoms with Crippen LogP contribution in [0.5, 0.6) is 0 Å². The number of aromatic nitrogens is 2. The Morgan fingerprint density at radius 2 is 1.78 bits per heavy atom. The molecule has 2 rings (SSSR count). The molecule has 0 amide bonds. The van der Waals surface area contributed by atoms with Gasteiger partial charge < -0.3 is 5.32 Å². The predicted octanol–water partition coefficient (Wildman–Crippen LogP) is 3.14. The van der Waals surface area contributed by atoms with Crippen molar-refractivity contribution in [3.05, 3.63) is 53.3 Å². The first kappa shape index (κ1) is 12.8. The van der Waals surface area contributed by atoms with E-state index in [-0.39, 0.29) is 0 Å². The minimum atomic E-state index is 0.300. The second-order valence-corrected chi connectivity index (χ2v) is 4.83. The summed E-state index contributed by atoms with van der Waals surface area (Å²) in [6, 6.07) is 11.1. The average molecular weight is 243 g/mol. The SMILES string of the molecule is Cc1c(C(C)NC(C)c2ccccc2)cnn1C. The lowest BCUT2D eigenvalue weighted by Gasteiger charge is -2.20. The summed E-state index contributed by atoms with van der Waals surface area (Å²) >= 11 is 0. The summed E-state index contributed by atoms with van der Waals surface area (Å²) in [4.78, 5) is 0. The minimum Gasteiger partial charge on any atom is -0.304 e. The van der Waals surface area contributed by atoms with E-state index in [0.29, 0.717) is 12.1 Å². The molecule has 1 heterocycles. The predicted molar refractivity (Wildman–Crippen MR) is 74.4 cm³/mol. The van der Waals surface area contributed by atoms with Crippen molar-refractivity contribution in [3.63, 3.8) is 0 Å². The Hall–Kier alpha value is -1.61. The standard InChI is InChI=1S/C15H21N3/c1-11(14-8-6-5-7-9-14)17-12(2)15-10-16-18(4)13(15)3/h5-12,17H,1-4H3. The molecule has 0 aliphatic carbocycles. The molecule has 0 saturated heterocycles. The van der Waals surface area contributed by atoms with Gasteiger partial charge in [-0.15, -0.1) is 0 Å². The highest BCUT2D eigenvalue weighted by Crippen LogP contribution is 2.21. The zero-order chi connectivity index (χ0) is 13.1. The lowest BCUT2D eigenvalue weighted by molar-refractivity contribution is 0.492. The Kier molecular flexibility index (Phi) is 3.82. The van der Waals surface area contributed by atoms with Gasteiger partial charge in [-0.25, -0.2) is 0 Å². The maximum atomic E-state index is 4.29. The Labute approximate surface area is 109 Å². The third-order valence-electron chi connectivity index (χ3n) is 3.54. The van der Waals surface area contributed by atoms with Gasteiger partial charge in [-0.3, -0.25) is 4.68 Å². The molecule has 0 spiro atoms. The first-order valence-electron chi connectivity index (χ1n) is 6.39. The fraction of sp³-hybridized carbons (Fsp3) is 0.400. The van der Waals surface area contributed by atoms with Crippen LogP contribution in [0.3, 0.4) is 0 Å². The first-order chi connectivity index (χ1) is 8.59. The van der Waals surface area contributed by atoms with Crippen molar-refractivity contribution in [2.24, 2.45) is 7.05 Å². The summed E-state index contributed by atoms with van der Waals surface area (Å²) in [5.41, 5.74) is 3.79. The van der Waals surface area contributed by atoms with Gasteiger partial charge in [-0.05, 0) is 26.3 Å². The van der Waals surface area contributed by atoms with Crippen molar-refractivity contribution in [1.29, 1.82) is 0 Å². The normalized spacial score (nSPS) is 14.4. The maximum absolute atomic E-state index is 4.29. The number of rotatable bonds is 4. The molecule has 0 bridgehead atoms. The summed E-state index contributed by atoms with van der Waals surface area (Å²) in [6.45, 7) is 6.48. The van der Waals surface area contributed by atoms with E-state index in [1.165, 1.54) is 16.8 Å². The Balaban J connectivity index is 2.08. The molecule has 0 fully saturated rings. The smallest absolute Gasteiger partial charge is 0.0540 e. The summed E-state index contributed by atoms with van der Waals surface area (Å²) in [5.74, 6) is 0. The molecule has 96 valence electrons. The molecule has 0 aliphatic rings. The maximum Gasteiger partial charge on any atom is 0.0540 e. The molecule has 0 radical (unpaired) electrons. The molecular formula is C15H21N3. The number of aryl methyl sites for hydroxylation is 1. The average Bonchev–Trinajstić information content (AvgIpc) is 2.71. The molecule has 2 aromatic rings. The summed E-state index contributed by atoms with van der Waals surface area (Å²) in [7, 11) is 1.98. The van der Waals surface area contributed by atoms with Gasteiger partial charge in [-0.2, -0.15) is 5.10 Å². The van der Waals surface area contributed by atoms with Crippen LogP contribution in [-0.4, -0.2) is 9.78 Å². The van der Waals surface area contributed by atoms with Crippen molar-refractivity contribution in [3.8, 4) is 0 Å². The summed E-state index contributed by atoms with van der Waals surface area (Å²) < 4.78 is 1.92. The van der Waals surface area contributed by atoms with Crippen LogP contribution in [0.1, 0.15) is 42.8 Å². The van der Waals surface area contributed by atoms with Crippen molar-refractivity contribution < 1.29 is 0 Å². The third kappa shape index (κ3) is 2.62. The molecule has 2 unspecified atom stereocenters. The van der Waals surface area contributed by atoms with E-state index in [2.05, 4.69) is 55.5 Å². The van der Waals surface area contributed by atoms with Crippen molar-refractivity contribution in [2.75, 3.05) is 0 Å². The van der Waals surface area contributed by atoms with E-state index in [1.54, 1.807) is 0 Å². The van der Waals surface area contributed by atoms with E-state index in [0.717, 1.165) is 0 Å². The topological polar surface area (TPSA) is 29.9 Å². The number of nitrogens with zero attached hydrogens (tertiary/aromatic N) is 2. The van der Waals surface area contributed by atoms with Crippen LogP contribution in [0, 0.1) is 6.92 Å². The highest BCUT2D eigenvalue weighted by atomic mass is 15.3. The van der Waals surface area contributed by atoms with Gasteiger partial charge in [0.25, 0.3) is 0 Å². The van der Waals surface area contributed by atoms with E-state index < -0.39 is 0 Å². The molecule has 18 heavy (non-hydrogen) atoms. The molecule has 1 aromatic heterocycles. The first-order valence-corrected chi connectivity index (χ1v) is 6.39. The van der Waals surface area contributed by atoms with Gasteiger partial charge in [0.1, 0.15) is 0 Å². The largest absolute Gasteiger partial charge is 0.304 e. The highest BCUT2D eigenvalue weighted by molar-refractivity contribution is 5.22. The Bertz CT molecular complexity index is 502. The van der Waals surface area contributed by atoms with E-state index in [4.69, 9.17) is 0 Å². The molecular weight excluding hydrogens is 222 g/mol. The van der Waals surface area contributed by atoms with Gasteiger partial charge in [0.15, 0.2) is 0 Å². The van der Waals surface area contributed by atoms with Crippen LogP contribution in [0.2, 0.25) is 0 Å². The number of nitrogens with one attached hydrogen (secondary N) is 1. The fourth-order valence-corrected chi connectivity index (χ4v) is 2.24. The summed E-state index contributed by atoms with van der Waals surface area (Å²) in [5, 5.41) is 7.91. The van der Waals surface area contributed by atoms with Gasteiger partial charge in [0, 0.05) is 30.4 Å². The zero-order valence-electron chi connectivity index (χ0n) is 11.5. The van der Waals surface area contributed by atoms with Crippen LogP contribution < -0.4 is 5.32 Å². The van der Waals surface area contributed by atoms with Gasteiger partial charge in [0.05, 0.1) is 6.20 Å². The lowest BCUT2D eigenvalue weighted by atomic mass is 10.1. The fourth-order valence-electron chi connectivity index (χ4n) is 2.24. The monoisotopic (exact) mass is 243 g/mol. The Morgan fingerprint density at radius 3 is 2.33 bits per heavy atom. The molecule has 0 aliphatic heterocycles. The van der Waals surface area contributed by atoms with Crippen molar-refractivity contribution in [1.82, 2.24) is 15.1 Å². The van der Waals surface area contributed by atoms with Crippen LogP contribution in [0.4, 0.5) is 0 Å². The van der Waals surface area contributed by atoms with E-state index in [1.807, 2.05) is 24.0 Å². The lowest BCUT2D eigenvalue weighted by Crippen LogP contribution is -2.22. The Morgan fingerprint density at radius 1 is 1.11 bits per heavy atom. The number of hydrogen-bond donors (Lipinski definition) is 1. The second-order valence-electron chi connectivity index (χ2n) is 4.83. The molecule has 2 atom stereocenters. The zero-order valence-corrected chi connectivity index (χ0v) is 11.5. The van der Waals surface area contributed by atoms with Crippen LogP contribution in [0.15, 0.2) is 36.5 Å². The minimum absolute atomic E-state index is 0.300. The van der Waals surface area contributed by atoms with Crippen molar-refractivity contribution >= 4 is 0 Å². The van der Waals surface area contributed by atoms with E-state index >= 15 is 0 Å². The van der Waals surface area contributed by atoms with Gasteiger partial charge >= 0.3 is 0 Å². The van der Waals surface area contributed by atoms with Crippen LogP contribution >= 0.6 is 0 Å². The van der Waals surface area contributed by atoms with Gasteiger partial charge in [0.2, 0.25) is 0 Å². The third-order valence-corrected chi connectivity index (χ3v) is 3.54. The molecule has 1 aromatic carbocycles. The molecule has 0 saturated carbocycles. The molecule has 3 heteroatoms. The van der Waals surface area contributed by atoms with Crippen molar-refractivity contribution in [2.45, 2.75) is 32.9 Å². The van der Waals surface area contributed by atoms with Crippen LogP contribution in [-0.2, 0) is 7.05 Å². The number of hydrogen-bond acceptors (Lipinski definition) is 2. The highest BCUT2D eigenvalue weighted by Gasteiger charge is 2.14. The van der Waals surface area contributed by atoms with Gasteiger partial charge in [-0.1, -0.05) is 30.3 Å². The van der Waals surface area contributed by atoms with Crippen LogP contribution in [0.25, 0.3) is 0 Å². The quantitative estimate of drug-likeness (QED) is 0.894. The molecule has 3 nitrogen and oxygen atoms in total.